The predicted octanol–water partition coefficient (Wildman–Crippen LogP) is 6.46. The van der Waals surface area contributed by atoms with Crippen molar-refractivity contribution >= 4 is 26.9 Å². The number of rotatable bonds is 7. The van der Waals surface area contributed by atoms with Gasteiger partial charge in [0.1, 0.15) is 5.75 Å². The Balaban J connectivity index is 1.78. The van der Waals surface area contributed by atoms with E-state index in [1.807, 2.05) is 13.8 Å². The second-order valence-corrected chi connectivity index (χ2v) is 10.8. The Labute approximate surface area is 212 Å². The molecule has 0 unspecified atom stereocenters. The molecule has 4 rings (SSSR count). The maximum Gasteiger partial charge on any atom is 0.416 e. The molecule has 0 aliphatic rings. The Kier molecular flexibility index (Phi) is 6.81. The fourth-order valence-corrected chi connectivity index (χ4v) is 5.58. The van der Waals surface area contributed by atoms with Gasteiger partial charge < -0.3 is 9.84 Å². The number of aliphatic carboxylic acids is 1. The van der Waals surface area contributed by atoms with E-state index in [1.165, 1.54) is 34.3 Å². The molecule has 0 spiro atoms. The van der Waals surface area contributed by atoms with Gasteiger partial charge in [0.25, 0.3) is 10.0 Å². The van der Waals surface area contributed by atoms with E-state index in [0.717, 1.165) is 17.7 Å². The molecule has 0 aliphatic heterocycles. The second-order valence-electron chi connectivity index (χ2n) is 8.96. The summed E-state index contributed by atoms with van der Waals surface area (Å²) in [6.45, 7) is 4.93. The topological polar surface area (TPSA) is 85.6 Å². The molecule has 6 nitrogen and oxygen atoms in total. The Morgan fingerprint density at radius 2 is 1.65 bits per heavy atom. The van der Waals surface area contributed by atoms with Gasteiger partial charge in [-0.1, -0.05) is 32.0 Å². The minimum atomic E-state index is -4.43. The third-order valence-corrected chi connectivity index (χ3v) is 7.69. The van der Waals surface area contributed by atoms with Gasteiger partial charge >= 0.3 is 12.1 Å². The highest BCUT2D eigenvalue weighted by Gasteiger charge is 2.30. The van der Waals surface area contributed by atoms with E-state index < -0.39 is 34.3 Å². The number of benzene rings is 3. The number of alkyl halides is 3. The first-order valence-corrected chi connectivity index (χ1v) is 12.8. The Bertz CT molecular complexity index is 1590. The van der Waals surface area contributed by atoms with E-state index >= 15 is 0 Å². The van der Waals surface area contributed by atoms with E-state index in [2.05, 4.69) is 0 Å². The Morgan fingerprint density at radius 1 is 1.00 bits per heavy atom. The van der Waals surface area contributed by atoms with Crippen molar-refractivity contribution in [1.82, 2.24) is 3.97 Å². The average Bonchev–Trinajstić information content (AvgIpc) is 3.23. The number of carboxylic acids is 1. The van der Waals surface area contributed by atoms with E-state index in [0.29, 0.717) is 27.6 Å². The van der Waals surface area contributed by atoms with Crippen molar-refractivity contribution in [3.05, 3.63) is 83.6 Å². The molecule has 10 heteroatoms. The predicted molar refractivity (Wildman–Crippen MR) is 133 cm³/mol. The molecule has 0 atom stereocenters. The van der Waals surface area contributed by atoms with Crippen molar-refractivity contribution in [2.24, 2.45) is 0 Å². The number of fused-ring (bicyclic) bond motifs is 1. The van der Waals surface area contributed by atoms with E-state index in [4.69, 9.17) is 9.84 Å². The summed E-state index contributed by atoms with van der Waals surface area (Å²) in [4.78, 5) is 10.8. The van der Waals surface area contributed by atoms with Gasteiger partial charge in [0, 0.05) is 11.6 Å². The molecule has 0 saturated carbocycles. The van der Waals surface area contributed by atoms with Crippen LogP contribution in [0.3, 0.4) is 0 Å². The number of aryl methyl sites for hydroxylation is 1. The summed E-state index contributed by atoms with van der Waals surface area (Å²) < 4.78 is 72.5. The molecule has 1 aromatic heterocycles. The van der Waals surface area contributed by atoms with Crippen LogP contribution in [-0.2, 0) is 21.0 Å². The van der Waals surface area contributed by atoms with Crippen molar-refractivity contribution in [3.8, 4) is 16.9 Å². The maximum atomic E-state index is 13.6. The van der Waals surface area contributed by atoms with Gasteiger partial charge in [-0.2, -0.15) is 13.2 Å². The number of ether oxygens (including phenoxy) is 1. The molecule has 0 fully saturated rings. The molecular formula is C27H24F3NO5S. The van der Waals surface area contributed by atoms with Gasteiger partial charge in [-0.3, -0.25) is 0 Å². The summed E-state index contributed by atoms with van der Waals surface area (Å²) in [5, 5.41) is 9.49. The summed E-state index contributed by atoms with van der Waals surface area (Å²) >= 11 is 0. The minimum absolute atomic E-state index is 0.00620. The molecule has 37 heavy (non-hydrogen) atoms. The molecule has 0 amide bonds. The molecule has 1 heterocycles. The Morgan fingerprint density at radius 3 is 2.22 bits per heavy atom. The SMILES string of the molecule is Cc1cc(S(=O)(=O)n2cc(C(C)C)c3cc(-c4ccc(C(F)(F)F)cc4)ccc32)ccc1OCC(=O)O. The van der Waals surface area contributed by atoms with Crippen LogP contribution < -0.4 is 4.74 Å². The zero-order chi connectivity index (χ0) is 27.1. The normalized spacial score (nSPS) is 12.3. The first-order chi connectivity index (χ1) is 17.3. The quantitative estimate of drug-likeness (QED) is 0.296. The highest BCUT2D eigenvalue weighted by atomic mass is 32.2. The highest BCUT2D eigenvalue weighted by molar-refractivity contribution is 7.90. The van der Waals surface area contributed by atoms with Crippen LogP contribution in [0.25, 0.3) is 22.0 Å². The molecule has 194 valence electrons. The number of carbonyl (C=O) groups is 1. The summed E-state index contributed by atoms with van der Waals surface area (Å²) in [6, 6.07) is 14.1. The lowest BCUT2D eigenvalue weighted by atomic mass is 9.98. The molecule has 0 radical (unpaired) electrons. The first-order valence-electron chi connectivity index (χ1n) is 11.3. The van der Waals surface area contributed by atoms with E-state index in [9.17, 15) is 26.4 Å². The van der Waals surface area contributed by atoms with Gasteiger partial charge in [0.05, 0.1) is 16.0 Å². The lowest BCUT2D eigenvalue weighted by Crippen LogP contribution is -2.13. The van der Waals surface area contributed by atoms with Crippen LogP contribution in [0, 0.1) is 6.92 Å². The van der Waals surface area contributed by atoms with Gasteiger partial charge in [0.2, 0.25) is 0 Å². The number of aromatic nitrogens is 1. The highest BCUT2D eigenvalue weighted by Crippen LogP contribution is 2.36. The number of hydrogen-bond acceptors (Lipinski definition) is 4. The number of hydrogen-bond donors (Lipinski definition) is 1. The number of nitrogens with zero attached hydrogens (tertiary/aromatic N) is 1. The van der Waals surface area contributed by atoms with Crippen LogP contribution in [0.15, 0.2) is 71.8 Å². The third-order valence-electron chi connectivity index (χ3n) is 6.02. The largest absolute Gasteiger partial charge is 0.482 e. The maximum absolute atomic E-state index is 13.6. The fraction of sp³-hybridized carbons (Fsp3) is 0.222. The van der Waals surface area contributed by atoms with Crippen molar-refractivity contribution < 1.29 is 36.2 Å². The van der Waals surface area contributed by atoms with Crippen LogP contribution >= 0.6 is 0 Å². The van der Waals surface area contributed by atoms with Crippen LogP contribution in [-0.4, -0.2) is 30.1 Å². The zero-order valence-electron chi connectivity index (χ0n) is 20.2. The zero-order valence-corrected chi connectivity index (χ0v) is 21.0. The van der Waals surface area contributed by atoms with Crippen LogP contribution in [0.2, 0.25) is 0 Å². The third kappa shape index (κ3) is 5.20. The van der Waals surface area contributed by atoms with Crippen LogP contribution in [0.5, 0.6) is 5.75 Å². The molecule has 0 saturated heterocycles. The van der Waals surface area contributed by atoms with Crippen molar-refractivity contribution in [3.63, 3.8) is 0 Å². The van der Waals surface area contributed by atoms with Gasteiger partial charge in [-0.25, -0.2) is 17.2 Å². The van der Waals surface area contributed by atoms with Gasteiger partial charge in [-0.15, -0.1) is 0 Å². The summed E-state index contributed by atoms with van der Waals surface area (Å²) in [7, 11) is -4.03. The lowest BCUT2D eigenvalue weighted by Gasteiger charge is -2.12. The fourth-order valence-electron chi connectivity index (χ4n) is 4.11. The van der Waals surface area contributed by atoms with Crippen molar-refractivity contribution in [2.75, 3.05) is 6.61 Å². The smallest absolute Gasteiger partial charge is 0.416 e. The minimum Gasteiger partial charge on any atom is -0.482 e. The van der Waals surface area contributed by atoms with E-state index in [1.54, 1.807) is 31.3 Å². The number of carboxylic acid groups (broad SMARTS) is 1. The standard InChI is InChI=1S/C27H24F3NO5S/c1-16(2)23-14-31(37(34,35)21-9-11-25(17(3)12-21)36-15-26(32)33)24-10-6-19(13-22(23)24)18-4-7-20(8-5-18)27(28,29)30/h4-14,16H,15H2,1-3H3,(H,32,33). The monoisotopic (exact) mass is 531 g/mol. The van der Waals surface area contributed by atoms with E-state index in [-0.39, 0.29) is 16.6 Å². The molecule has 1 N–H and O–H groups in total. The second kappa shape index (κ2) is 9.59. The summed E-state index contributed by atoms with van der Waals surface area (Å²) in [6.07, 6.45) is -2.87. The molecular weight excluding hydrogens is 507 g/mol. The molecule has 4 aromatic rings. The van der Waals surface area contributed by atoms with Crippen molar-refractivity contribution in [1.29, 1.82) is 0 Å². The first kappa shape index (κ1) is 26.3. The Hall–Kier alpha value is -3.79. The van der Waals surface area contributed by atoms with Gasteiger partial charge in [-0.05, 0) is 77.6 Å². The van der Waals surface area contributed by atoms with Crippen molar-refractivity contribution in [2.45, 2.75) is 37.8 Å². The lowest BCUT2D eigenvalue weighted by molar-refractivity contribution is -0.139. The number of halogens is 3. The summed E-state index contributed by atoms with van der Waals surface area (Å²) in [5.74, 6) is -0.912. The average molecular weight is 532 g/mol. The summed E-state index contributed by atoms with van der Waals surface area (Å²) in [5.41, 5.74) is 2.16. The molecule has 0 bridgehead atoms. The van der Waals surface area contributed by atoms with Crippen LogP contribution in [0.1, 0.15) is 36.5 Å². The van der Waals surface area contributed by atoms with Crippen LogP contribution in [0.4, 0.5) is 13.2 Å². The van der Waals surface area contributed by atoms with Gasteiger partial charge in [0.15, 0.2) is 6.61 Å². The molecule has 0 aliphatic carbocycles. The molecule has 3 aromatic carbocycles.